The maximum atomic E-state index is 10.9. The number of ether oxygens (including phenoxy) is 1. The number of piperazine rings is 1. The lowest BCUT2D eigenvalue weighted by Gasteiger charge is -2.35. The van der Waals surface area contributed by atoms with Crippen LogP contribution >= 0.6 is 0 Å². The van der Waals surface area contributed by atoms with Crippen LogP contribution in [0.2, 0.25) is 0 Å². The van der Waals surface area contributed by atoms with E-state index in [0.717, 1.165) is 48.9 Å². The van der Waals surface area contributed by atoms with Crippen LogP contribution in [0.5, 0.6) is 5.75 Å². The number of anilines is 1. The zero-order valence-corrected chi connectivity index (χ0v) is 15.0. The van der Waals surface area contributed by atoms with E-state index in [-0.39, 0.29) is 10.6 Å². The summed E-state index contributed by atoms with van der Waals surface area (Å²) < 4.78 is 5.44. The monoisotopic (exact) mass is 354 g/mol. The van der Waals surface area contributed by atoms with Crippen LogP contribution in [0.1, 0.15) is 12.5 Å². The predicted octanol–water partition coefficient (Wildman–Crippen LogP) is 3.15. The Bertz CT molecular complexity index is 814. The van der Waals surface area contributed by atoms with Gasteiger partial charge in [-0.15, -0.1) is 0 Å². The Morgan fingerprint density at radius 2 is 1.85 bits per heavy atom. The van der Waals surface area contributed by atoms with Gasteiger partial charge in [0.1, 0.15) is 5.75 Å². The molecule has 3 rings (SSSR count). The summed E-state index contributed by atoms with van der Waals surface area (Å²) in [5.74, 6) is 0.872. The Morgan fingerprint density at radius 1 is 1.12 bits per heavy atom. The molecule has 0 spiro atoms. The summed E-state index contributed by atoms with van der Waals surface area (Å²) in [5, 5.41) is 17.6. The van der Waals surface area contributed by atoms with Crippen molar-refractivity contribution in [3.63, 3.8) is 0 Å². The van der Waals surface area contributed by atoms with E-state index in [1.165, 1.54) is 6.07 Å². The molecule has 0 saturated carbocycles. The Labute approximate surface area is 152 Å². The van der Waals surface area contributed by atoms with Crippen molar-refractivity contribution < 1.29 is 9.66 Å². The third-order valence-corrected chi connectivity index (χ3v) is 4.45. The number of para-hydroxylation sites is 2. The van der Waals surface area contributed by atoms with Crippen LogP contribution in [0.25, 0.3) is 0 Å². The molecule has 1 aliphatic rings. The van der Waals surface area contributed by atoms with Crippen LogP contribution in [0, 0.1) is 10.1 Å². The lowest BCUT2D eigenvalue weighted by atomic mass is 10.1. The van der Waals surface area contributed by atoms with Crippen molar-refractivity contribution in [3.05, 3.63) is 64.2 Å². The second-order valence-corrected chi connectivity index (χ2v) is 6.11. The number of methoxy groups -OCH3 is 1. The number of benzene rings is 2. The van der Waals surface area contributed by atoms with E-state index in [4.69, 9.17) is 4.74 Å². The van der Waals surface area contributed by atoms with Crippen LogP contribution in [0.4, 0.5) is 11.4 Å². The van der Waals surface area contributed by atoms with E-state index in [1.54, 1.807) is 19.2 Å². The topological polar surface area (TPSA) is 71.2 Å². The molecule has 0 bridgehead atoms. The molecule has 7 nitrogen and oxygen atoms in total. The van der Waals surface area contributed by atoms with E-state index >= 15 is 0 Å². The molecule has 0 aliphatic carbocycles. The fraction of sp³-hybridized carbons (Fsp3) is 0.316. The normalized spacial score (nSPS) is 15.1. The van der Waals surface area contributed by atoms with Gasteiger partial charge in [0.05, 0.1) is 36.5 Å². The minimum atomic E-state index is -0.386. The SMILES string of the molecule is COc1ccccc1N1CCN(/N=C(/C)c2cccc([N+](=O)[O-])c2)CC1. The first kappa shape index (κ1) is 17.7. The molecule has 1 saturated heterocycles. The van der Waals surface area contributed by atoms with E-state index in [9.17, 15) is 10.1 Å². The molecule has 1 fully saturated rings. The molecule has 0 radical (unpaired) electrons. The molecular formula is C19H22N4O3. The molecule has 136 valence electrons. The van der Waals surface area contributed by atoms with Crippen molar-refractivity contribution >= 4 is 17.1 Å². The van der Waals surface area contributed by atoms with Gasteiger partial charge in [-0.2, -0.15) is 5.10 Å². The van der Waals surface area contributed by atoms with E-state index in [2.05, 4.69) is 16.1 Å². The number of nitro groups is 1. The van der Waals surface area contributed by atoms with Crippen LogP contribution in [0.3, 0.4) is 0 Å². The van der Waals surface area contributed by atoms with Crippen LogP contribution in [-0.2, 0) is 0 Å². The maximum absolute atomic E-state index is 10.9. The number of hydrogen-bond donors (Lipinski definition) is 0. The third-order valence-electron chi connectivity index (χ3n) is 4.45. The summed E-state index contributed by atoms with van der Waals surface area (Å²) in [6.45, 7) is 5.12. The number of hydrogen-bond acceptors (Lipinski definition) is 6. The van der Waals surface area contributed by atoms with Crippen LogP contribution in [-0.4, -0.2) is 48.9 Å². The molecule has 1 aliphatic heterocycles. The molecule has 0 aromatic heterocycles. The van der Waals surface area contributed by atoms with Crippen molar-refractivity contribution in [3.8, 4) is 5.75 Å². The Kier molecular flexibility index (Phi) is 5.36. The van der Waals surface area contributed by atoms with Gasteiger partial charge in [0, 0.05) is 30.8 Å². The second kappa shape index (κ2) is 7.86. The molecule has 7 heteroatoms. The first-order chi connectivity index (χ1) is 12.6. The Hall–Kier alpha value is -3.09. The zero-order chi connectivity index (χ0) is 18.5. The van der Waals surface area contributed by atoms with Gasteiger partial charge in [-0.3, -0.25) is 15.1 Å². The number of nitrogens with zero attached hydrogens (tertiary/aromatic N) is 4. The van der Waals surface area contributed by atoms with Gasteiger partial charge in [0.2, 0.25) is 0 Å². The average molecular weight is 354 g/mol. The summed E-state index contributed by atoms with van der Waals surface area (Å²) >= 11 is 0. The minimum Gasteiger partial charge on any atom is -0.495 e. The number of hydrazone groups is 1. The van der Waals surface area contributed by atoms with Gasteiger partial charge >= 0.3 is 0 Å². The summed E-state index contributed by atoms with van der Waals surface area (Å²) in [7, 11) is 1.68. The Balaban J connectivity index is 1.67. The lowest BCUT2D eigenvalue weighted by molar-refractivity contribution is -0.384. The first-order valence-electron chi connectivity index (χ1n) is 8.51. The highest BCUT2D eigenvalue weighted by molar-refractivity contribution is 5.99. The van der Waals surface area contributed by atoms with E-state index in [0.29, 0.717) is 0 Å². The molecule has 0 amide bonds. The van der Waals surface area contributed by atoms with Crippen LogP contribution < -0.4 is 9.64 Å². The Morgan fingerprint density at radius 3 is 2.54 bits per heavy atom. The van der Waals surface area contributed by atoms with Gasteiger partial charge < -0.3 is 9.64 Å². The second-order valence-electron chi connectivity index (χ2n) is 6.11. The number of rotatable bonds is 5. The van der Waals surface area contributed by atoms with Gasteiger partial charge in [0.25, 0.3) is 5.69 Å². The molecule has 0 unspecified atom stereocenters. The van der Waals surface area contributed by atoms with Crippen molar-refractivity contribution in [1.29, 1.82) is 0 Å². The largest absolute Gasteiger partial charge is 0.495 e. The smallest absolute Gasteiger partial charge is 0.270 e. The molecule has 0 atom stereocenters. The highest BCUT2D eigenvalue weighted by atomic mass is 16.6. The summed E-state index contributed by atoms with van der Waals surface area (Å²) in [4.78, 5) is 12.8. The molecule has 0 N–H and O–H groups in total. The average Bonchev–Trinajstić information content (AvgIpc) is 2.68. The predicted molar refractivity (Wildman–Crippen MR) is 102 cm³/mol. The molecule has 2 aromatic carbocycles. The fourth-order valence-corrected chi connectivity index (χ4v) is 3.04. The highest BCUT2D eigenvalue weighted by Gasteiger charge is 2.19. The van der Waals surface area contributed by atoms with Gasteiger partial charge in [-0.25, -0.2) is 0 Å². The first-order valence-corrected chi connectivity index (χ1v) is 8.51. The van der Waals surface area contributed by atoms with Gasteiger partial charge in [-0.05, 0) is 19.1 Å². The molecular weight excluding hydrogens is 332 g/mol. The maximum Gasteiger partial charge on any atom is 0.270 e. The summed E-state index contributed by atoms with van der Waals surface area (Å²) in [6, 6.07) is 14.6. The summed E-state index contributed by atoms with van der Waals surface area (Å²) in [6.07, 6.45) is 0. The standard InChI is InChI=1S/C19H22N4O3/c1-15(16-6-5-7-17(14-16)23(24)25)20-22-12-10-21(11-13-22)18-8-3-4-9-19(18)26-2/h3-9,14H,10-13H2,1-2H3/b20-15-. The molecule has 1 heterocycles. The summed E-state index contributed by atoms with van der Waals surface area (Å²) in [5.41, 5.74) is 2.72. The highest BCUT2D eigenvalue weighted by Crippen LogP contribution is 2.28. The van der Waals surface area contributed by atoms with Crippen LogP contribution in [0.15, 0.2) is 53.6 Å². The quantitative estimate of drug-likeness (QED) is 0.469. The van der Waals surface area contributed by atoms with Gasteiger partial charge in [-0.1, -0.05) is 24.3 Å². The van der Waals surface area contributed by atoms with E-state index in [1.807, 2.05) is 36.2 Å². The van der Waals surface area contributed by atoms with Crippen molar-refractivity contribution in [2.45, 2.75) is 6.92 Å². The van der Waals surface area contributed by atoms with Gasteiger partial charge in [0.15, 0.2) is 0 Å². The number of non-ortho nitro benzene ring substituents is 1. The molecule has 26 heavy (non-hydrogen) atoms. The minimum absolute atomic E-state index is 0.0815. The zero-order valence-electron chi connectivity index (χ0n) is 15.0. The van der Waals surface area contributed by atoms with Crippen molar-refractivity contribution in [2.24, 2.45) is 5.10 Å². The number of nitro benzene ring substituents is 1. The fourth-order valence-electron chi connectivity index (χ4n) is 3.04. The van der Waals surface area contributed by atoms with Crippen molar-refractivity contribution in [2.75, 3.05) is 38.2 Å². The van der Waals surface area contributed by atoms with E-state index < -0.39 is 0 Å². The third kappa shape index (κ3) is 3.93. The van der Waals surface area contributed by atoms with Crippen molar-refractivity contribution in [1.82, 2.24) is 5.01 Å². The molecule has 2 aromatic rings. The lowest BCUT2D eigenvalue weighted by Crippen LogP contribution is -2.44.